The lowest BCUT2D eigenvalue weighted by Crippen LogP contribution is -2.46. The van der Waals surface area contributed by atoms with Gasteiger partial charge in [0.1, 0.15) is 6.61 Å². The molecule has 2 atom stereocenters. The van der Waals surface area contributed by atoms with Gasteiger partial charge in [0.15, 0.2) is 63.6 Å². The molecule has 22 heteroatoms. The lowest BCUT2D eigenvalue weighted by atomic mass is 9.92. The monoisotopic (exact) mass is 782 g/mol. The molecule has 12 N–H and O–H groups in total. The number of benzene rings is 4. The molecule has 0 saturated carbocycles. The zero-order chi connectivity index (χ0) is 41.1. The van der Waals surface area contributed by atoms with E-state index in [-0.39, 0.29) is 0 Å². The number of hydrogen-bond donors (Lipinski definition) is 12. The molecule has 4 aromatic carbocycles. The highest BCUT2D eigenvalue weighted by molar-refractivity contribution is 6.08. The molecule has 56 heavy (non-hydrogen) atoms. The Morgan fingerprint density at radius 3 is 1.38 bits per heavy atom. The van der Waals surface area contributed by atoms with Gasteiger partial charge in [-0.2, -0.15) is 0 Å². The molecule has 22 nitrogen and oxygen atoms in total. The number of phenolic OH excluding ortho intramolecular Hbond substituents is 12. The molecular formula is C34H22O22. The SMILES string of the molecule is O=C1O[C@@H]2COC(=O)c3cc(O)c(O)c(O)c3-c3c(cc(O)c(O)c3O)C(=O)O[C@H]2C(OC(=O)c2cc(O)c(O)c(O)c2)=C1OC(=O)c1cc(O)c(O)c(O)c1. The van der Waals surface area contributed by atoms with Gasteiger partial charge in [0.2, 0.25) is 23.4 Å². The van der Waals surface area contributed by atoms with E-state index in [0.29, 0.717) is 36.4 Å². The molecule has 6 rings (SSSR count). The molecule has 0 fully saturated rings. The minimum absolute atomic E-state index is 0.426. The molecule has 2 aliphatic rings. The zero-order valence-electron chi connectivity index (χ0n) is 27.3. The van der Waals surface area contributed by atoms with Gasteiger partial charge in [0.05, 0.1) is 22.3 Å². The standard InChI is InChI=1S/C34H22O22/c35-12-1-8(2-13(36)21(12)41)30(47)55-28-27-18(53-34(51)29(28)56-31(48)9-3-14(37)22(42)15(38)4-9)7-52-32(49)10-5-16(39)23(43)25(45)19(10)20-11(33(50)54-27)6-17(40)24(44)26(20)46/h1-6,18,27,35-46H,7H2/t18-,27-/m1/s1. The average Bonchev–Trinajstić information content (AvgIpc) is 3.16. The Labute approximate surface area is 307 Å². The van der Waals surface area contributed by atoms with Crippen LogP contribution in [0.1, 0.15) is 41.4 Å². The highest BCUT2D eigenvalue weighted by Crippen LogP contribution is 2.53. The topological polar surface area (TPSA) is 374 Å². The Morgan fingerprint density at radius 1 is 0.500 bits per heavy atom. The Bertz CT molecular complexity index is 2420. The summed E-state index contributed by atoms with van der Waals surface area (Å²) in [7, 11) is 0. The van der Waals surface area contributed by atoms with Gasteiger partial charge in [-0.1, -0.05) is 0 Å². The first kappa shape index (κ1) is 37.3. The summed E-state index contributed by atoms with van der Waals surface area (Å²) in [5.74, 6) is -25.3. The number of aromatic hydroxyl groups is 12. The number of fused-ring (bicyclic) bond motifs is 4. The van der Waals surface area contributed by atoms with Crippen LogP contribution in [0.25, 0.3) is 11.1 Å². The first-order valence-corrected chi connectivity index (χ1v) is 15.1. The van der Waals surface area contributed by atoms with Gasteiger partial charge >= 0.3 is 29.8 Å². The number of carbonyl (C=O) groups excluding carboxylic acids is 5. The minimum Gasteiger partial charge on any atom is -0.504 e. The van der Waals surface area contributed by atoms with Crippen molar-refractivity contribution in [3.8, 4) is 80.1 Å². The second-order valence-corrected chi connectivity index (χ2v) is 11.6. The van der Waals surface area contributed by atoms with Crippen LogP contribution in [0.4, 0.5) is 0 Å². The zero-order valence-corrected chi connectivity index (χ0v) is 27.3. The van der Waals surface area contributed by atoms with Gasteiger partial charge in [-0.15, -0.1) is 0 Å². The second-order valence-electron chi connectivity index (χ2n) is 11.6. The molecule has 0 bridgehead atoms. The van der Waals surface area contributed by atoms with Crippen LogP contribution in [0.15, 0.2) is 47.9 Å². The maximum absolute atomic E-state index is 14.0. The number of phenols is 12. The van der Waals surface area contributed by atoms with Crippen LogP contribution < -0.4 is 0 Å². The van der Waals surface area contributed by atoms with E-state index in [1.165, 1.54) is 0 Å². The van der Waals surface area contributed by atoms with E-state index in [4.69, 9.17) is 23.7 Å². The maximum atomic E-state index is 14.0. The van der Waals surface area contributed by atoms with E-state index < -0.39 is 163 Å². The summed E-state index contributed by atoms with van der Waals surface area (Å²) in [6.45, 7) is -1.19. The van der Waals surface area contributed by atoms with Gasteiger partial charge in [-0.3, -0.25) is 0 Å². The molecule has 0 spiro atoms. The van der Waals surface area contributed by atoms with Gasteiger partial charge < -0.3 is 85.0 Å². The van der Waals surface area contributed by atoms with Crippen LogP contribution in [-0.4, -0.2) is 110 Å². The first-order chi connectivity index (χ1) is 26.3. The van der Waals surface area contributed by atoms with E-state index >= 15 is 0 Å². The van der Waals surface area contributed by atoms with Crippen LogP contribution in [-0.2, 0) is 28.5 Å². The summed E-state index contributed by atoms with van der Waals surface area (Å²) in [5.41, 5.74) is -5.56. The third-order valence-electron chi connectivity index (χ3n) is 8.08. The van der Waals surface area contributed by atoms with Crippen molar-refractivity contribution in [3.05, 3.63) is 70.2 Å². The van der Waals surface area contributed by atoms with E-state index in [9.17, 15) is 85.3 Å². The van der Waals surface area contributed by atoms with Crippen molar-refractivity contribution in [3.63, 3.8) is 0 Å². The third kappa shape index (κ3) is 6.23. The van der Waals surface area contributed by atoms with Crippen LogP contribution in [0.3, 0.4) is 0 Å². The fourth-order valence-electron chi connectivity index (χ4n) is 5.38. The Balaban J connectivity index is 1.56. The highest BCUT2D eigenvalue weighted by atomic mass is 16.7. The van der Waals surface area contributed by atoms with Gasteiger partial charge in [-0.05, 0) is 36.4 Å². The predicted molar refractivity (Wildman–Crippen MR) is 172 cm³/mol. The molecule has 0 aromatic heterocycles. The summed E-state index contributed by atoms with van der Waals surface area (Å²) in [5, 5.41) is 122. The maximum Gasteiger partial charge on any atom is 0.378 e. The fraction of sp³-hybridized carbons (Fsp3) is 0.0882. The minimum atomic E-state index is -2.40. The van der Waals surface area contributed by atoms with Crippen molar-refractivity contribution in [2.75, 3.05) is 6.61 Å². The largest absolute Gasteiger partial charge is 0.504 e. The van der Waals surface area contributed by atoms with Crippen LogP contribution in [0, 0.1) is 0 Å². The number of cyclic esters (lactones) is 1. The van der Waals surface area contributed by atoms with Crippen molar-refractivity contribution < 1.29 is 109 Å². The Hall–Kier alpha value is -8.43. The van der Waals surface area contributed by atoms with Crippen LogP contribution in [0.2, 0.25) is 0 Å². The Kier molecular flexibility index (Phi) is 9.01. The third-order valence-corrected chi connectivity index (χ3v) is 8.08. The van der Waals surface area contributed by atoms with Gasteiger partial charge in [0.25, 0.3) is 5.76 Å². The lowest BCUT2D eigenvalue weighted by Gasteiger charge is -2.32. The molecular weight excluding hydrogens is 760 g/mol. The van der Waals surface area contributed by atoms with E-state index in [2.05, 4.69) is 0 Å². The van der Waals surface area contributed by atoms with Crippen molar-refractivity contribution in [1.82, 2.24) is 0 Å². The highest BCUT2D eigenvalue weighted by Gasteiger charge is 2.47. The van der Waals surface area contributed by atoms with Crippen molar-refractivity contribution in [2.45, 2.75) is 12.2 Å². The molecule has 290 valence electrons. The summed E-state index contributed by atoms with van der Waals surface area (Å²) in [6, 6.07) is 3.15. The average molecular weight is 783 g/mol. The lowest BCUT2D eigenvalue weighted by molar-refractivity contribution is -0.162. The molecule has 2 heterocycles. The number of esters is 5. The van der Waals surface area contributed by atoms with Crippen molar-refractivity contribution >= 4 is 29.8 Å². The first-order valence-electron chi connectivity index (χ1n) is 15.1. The van der Waals surface area contributed by atoms with Crippen LogP contribution >= 0.6 is 0 Å². The predicted octanol–water partition coefficient (Wildman–Crippen LogP) is 1.37. The number of rotatable bonds is 4. The molecule has 0 aliphatic carbocycles. The number of carbonyl (C=O) groups is 5. The Morgan fingerprint density at radius 2 is 0.911 bits per heavy atom. The smallest absolute Gasteiger partial charge is 0.378 e. The molecule has 4 aromatic rings. The van der Waals surface area contributed by atoms with E-state index in [1.54, 1.807) is 0 Å². The summed E-state index contributed by atoms with van der Waals surface area (Å²) >= 11 is 0. The molecule has 2 aliphatic heterocycles. The fourth-order valence-corrected chi connectivity index (χ4v) is 5.38. The van der Waals surface area contributed by atoms with Gasteiger partial charge in [0, 0.05) is 11.1 Å². The van der Waals surface area contributed by atoms with E-state index in [1.807, 2.05) is 0 Å². The molecule has 0 amide bonds. The number of ether oxygens (including phenoxy) is 5. The number of hydrogen-bond acceptors (Lipinski definition) is 22. The summed E-state index contributed by atoms with van der Waals surface area (Å²) in [4.78, 5) is 67.5. The van der Waals surface area contributed by atoms with Crippen molar-refractivity contribution in [1.29, 1.82) is 0 Å². The normalized spacial score (nSPS) is 16.5. The second kappa shape index (κ2) is 13.5. The van der Waals surface area contributed by atoms with Crippen molar-refractivity contribution in [2.24, 2.45) is 0 Å². The summed E-state index contributed by atoms with van der Waals surface area (Å²) < 4.78 is 26.2. The quantitative estimate of drug-likeness (QED) is 0.0789. The molecule has 0 radical (unpaired) electrons. The molecule has 0 saturated heterocycles. The molecule has 0 unspecified atom stereocenters. The van der Waals surface area contributed by atoms with Gasteiger partial charge in [-0.25, -0.2) is 24.0 Å². The van der Waals surface area contributed by atoms with Crippen LogP contribution in [0.5, 0.6) is 69.0 Å². The van der Waals surface area contributed by atoms with E-state index in [0.717, 1.165) is 0 Å². The summed E-state index contributed by atoms with van der Waals surface area (Å²) in [6.07, 6.45) is -4.50.